The first-order valence-electron chi connectivity index (χ1n) is 7.47. The van der Waals surface area contributed by atoms with Gasteiger partial charge in [-0.1, -0.05) is 65.8 Å². The van der Waals surface area contributed by atoms with Crippen LogP contribution in [0.2, 0.25) is 0 Å². The van der Waals surface area contributed by atoms with Crippen molar-refractivity contribution < 1.29 is 0 Å². The van der Waals surface area contributed by atoms with Crippen molar-refractivity contribution in [2.45, 2.75) is 72.6 Å². The van der Waals surface area contributed by atoms with E-state index in [2.05, 4.69) is 65.8 Å². The Morgan fingerprint density at radius 3 is 1.78 bits per heavy atom. The van der Waals surface area contributed by atoms with Crippen LogP contribution in [0.5, 0.6) is 0 Å². The zero-order valence-corrected chi connectivity index (χ0v) is 13.1. The molecule has 18 heavy (non-hydrogen) atoms. The van der Waals surface area contributed by atoms with Crippen molar-refractivity contribution in [2.75, 3.05) is 0 Å². The molecule has 0 bridgehead atoms. The first-order valence-corrected chi connectivity index (χ1v) is 7.47. The highest BCUT2D eigenvalue weighted by Gasteiger charge is 2.18. The Kier molecular flexibility index (Phi) is 5.44. The molecule has 1 aromatic carbocycles. The van der Waals surface area contributed by atoms with Crippen LogP contribution in [0.4, 0.5) is 0 Å². The zero-order chi connectivity index (χ0) is 13.8. The standard InChI is InChI=1S/C18H30/c1-7-14(3)16-9-11-17(12-10-16)15(8-2)13-18(4,5)6/h9-12,14-15H,7-8,13H2,1-6H3. The molecule has 1 rings (SSSR count). The van der Waals surface area contributed by atoms with Gasteiger partial charge in [0.25, 0.3) is 0 Å². The summed E-state index contributed by atoms with van der Waals surface area (Å²) in [6.45, 7) is 13.9. The van der Waals surface area contributed by atoms with Gasteiger partial charge in [0.1, 0.15) is 0 Å². The Labute approximate surface area is 114 Å². The Morgan fingerprint density at radius 2 is 1.39 bits per heavy atom. The smallest absolute Gasteiger partial charge is 0.0160 e. The third-order valence-electron chi connectivity index (χ3n) is 3.94. The van der Waals surface area contributed by atoms with Gasteiger partial charge >= 0.3 is 0 Å². The summed E-state index contributed by atoms with van der Waals surface area (Å²) in [6, 6.07) is 9.35. The van der Waals surface area contributed by atoms with Crippen LogP contribution < -0.4 is 0 Å². The number of hydrogen-bond acceptors (Lipinski definition) is 0. The van der Waals surface area contributed by atoms with E-state index in [9.17, 15) is 0 Å². The lowest BCUT2D eigenvalue weighted by molar-refractivity contribution is 0.335. The summed E-state index contributed by atoms with van der Waals surface area (Å²) in [5.74, 6) is 1.39. The minimum absolute atomic E-state index is 0.413. The van der Waals surface area contributed by atoms with Crippen molar-refractivity contribution in [1.82, 2.24) is 0 Å². The van der Waals surface area contributed by atoms with E-state index >= 15 is 0 Å². The van der Waals surface area contributed by atoms with E-state index in [-0.39, 0.29) is 0 Å². The minimum atomic E-state index is 0.413. The van der Waals surface area contributed by atoms with Gasteiger partial charge in [-0.2, -0.15) is 0 Å². The second-order valence-corrected chi connectivity index (χ2v) is 6.85. The number of rotatable bonds is 5. The van der Waals surface area contributed by atoms with E-state index in [0.717, 1.165) is 0 Å². The molecule has 102 valence electrons. The molecule has 0 heterocycles. The Bertz CT molecular complexity index is 339. The molecule has 0 fully saturated rings. The van der Waals surface area contributed by atoms with Gasteiger partial charge in [0.15, 0.2) is 0 Å². The second kappa shape index (κ2) is 6.41. The molecule has 0 amide bonds. The van der Waals surface area contributed by atoms with Crippen molar-refractivity contribution in [1.29, 1.82) is 0 Å². The molecule has 0 aliphatic heterocycles. The fourth-order valence-electron chi connectivity index (χ4n) is 2.57. The highest BCUT2D eigenvalue weighted by molar-refractivity contribution is 5.27. The molecule has 0 saturated heterocycles. The number of hydrogen-bond donors (Lipinski definition) is 0. The molecule has 0 spiro atoms. The monoisotopic (exact) mass is 246 g/mol. The van der Waals surface area contributed by atoms with Crippen LogP contribution in [-0.2, 0) is 0 Å². The van der Waals surface area contributed by atoms with Crippen LogP contribution in [0, 0.1) is 5.41 Å². The molecule has 2 atom stereocenters. The SMILES string of the molecule is CCC(C)c1ccc(C(CC)CC(C)(C)C)cc1. The largest absolute Gasteiger partial charge is 0.0648 e. The molecule has 0 saturated carbocycles. The molecule has 0 nitrogen and oxygen atoms in total. The van der Waals surface area contributed by atoms with E-state index in [0.29, 0.717) is 17.3 Å². The van der Waals surface area contributed by atoms with E-state index in [1.807, 2.05) is 0 Å². The molecule has 1 aromatic rings. The summed E-state index contributed by atoms with van der Waals surface area (Å²) in [4.78, 5) is 0. The van der Waals surface area contributed by atoms with Gasteiger partial charge < -0.3 is 0 Å². The van der Waals surface area contributed by atoms with E-state index < -0.39 is 0 Å². The first kappa shape index (κ1) is 15.3. The minimum Gasteiger partial charge on any atom is -0.0648 e. The van der Waals surface area contributed by atoms with Crippen LogP contribution in [0.1, 0.15) is 83.8 Å². The maximum Gasteiger partial charge on any atom is -0.0160 e. The fraction of sp³-hybridized carbons (Fsp3) is 0.667. The maximum absolute atomic E-state index is 2.35. The molecule has 0 heteroatoms. The predicted molar refractivity (Wildman–Crippen MR) is 82.3 cm³/mol. The normalized spacial score (nSPS) is 15.4. The molecule has 0 N–H and O–H groups in total. The van der Waals surface area contributed by atoms with E-state index in [4.69, 9.17) is 0 Å². The van der Waals surface area contributed by atoms with Crippen molar-refractivity contribution in [2.24, 2.45) is 5.41 Å². The molecule has 0 aliphatic carbocycles. The summed E-state index contributed by atoms with van der Waals surface area (Å²) in [7, 11) is 0. The van der Waals surface area contributed by atoms with Crippen LogP contribution >= 0.6 is 0 Å². The summed E-state index contributed by atoms with van der Waals surface area (Å²) in [6.07, 6.45) is 3.73. The quantitative estimate of drug-likeness (QED) is 0.586. The first-order chi connectivity index (χ1) is 8.37. The molecule has 0 aromatic heterocycles. The van der Waals surface area contributed by atoms with Gasteiger partial charge in [0, 0.05) is 0 Å². The molecule has 2 unspecified atom stereocenters. The lowest BCUT2D eigenvalue weighted by Gasteiger charge is -2.26. The van der Waals surface area contributed by atoms with Crippen LogP contribution in [0.3, 0.4) is 0 Å². The van der Waals surface area contributed by atoms with Gasteiger partial charge in [0.2, 0.25) is 0 Å². The lowest BCUT2D eigenvalue weighted by Crippen LogP contribution is -2.11. The van der Waals surface area contributed by atoms with Gasteiger partial charge in [0.05, 0.1) is 0 Å². The summed E-state index contributed by atoms with van der Waals surface area (Å²) < 4.78 is 0. The lowest BCUT2D eigenvalue weighted by atomic mass is 9.80. The molecular weight excluding hydrogens is 216 g/mol. The van der Waals surface area contributed by atoms with Crippen LogP contribution in [-0.4, -0.2) is 0 Å². The third-order valence-corrected chi connectivity index (χ3v) is 3.94. The van der Waals surface area contributed by atoms with Gasteiger partial charge in [-0.05, 0) is 47.6 Å². The highest BCUT2D eigenvalue weighted by atomic mass is 14.2. The van der Waals surface area contributed by atoms with Crippen LogP contribution in [0.25, 0.3) is 0 Å². The van der Waals surface area contributed by atoms with Gasteiger partial charge in [-0.25, -0.2) is 0 Å². The summed E-state index contributed by atoms with van der Waals surface area (Å²) in [5, 5.41) is 0. The Morgan fingerprint density at radius 1 is 0.889 bits per heavy atom. The zero-order valence-electron chi connectivity index (χ0n) is 13.1. The average molecular weight is 246 g/mol. The van der Waals surface area contributed by atoms with Gasteiger partial charge in [-0.15, -0.1) is 0 Å². The topological polar surface area (TPSA) is 0 Å². The Balaban J connectivity index is 2.82. The second-order valence-electron chi connectivity index (χ2n) is 6.85. The van der Waals surface area contributed by atoms with Crippen LogP contribution in [0.15, 0.2) is 24.3 Å². The summed E-state index contributed by atoms with van der Waals surface area (Å²) in [5.41, 5.74) is 3.40. The molecular formula is C18H30. The fourth-order valence-corrected chi connectivity index (χ4v) is 2.57. The molecule has 0 radical (unpaired) electrons. The third kappa shape index (κ3) is 4.48. The van der Waals surface area contributed by atoms with Crippen molar-refractivity contribution in [3.05, 3.63) is 35.4 Å². The maximum atomic E-state index is 2.35. The molecule has 0 aliphatic rings. The van der Waals surface area contributed by atoms with Crippen molar-refractivity contribution in [3.8, 4) is 0 Å². The van der Waals surface area contributed by atoms with E-state index in [1.165, 1.54) is 30.4 Å². The predicted octanol–water partition coefficient (Wildman–Crippen LogP) is 6.13. The van der Waals surface area contributed by atoms with E-state index in [1.54, 1.807) is 0 Å². The van der Waals surface area contributed by atoms with Crippen molar-refractivity contribution in [3.63, 3.8) is 0 Å². The van der Waals surface area contributed by atoms with Gasteiger partial charge in [-0.3, -0.25) is 0 Å². The Hall–Kier alpha value is -0.780. The summed E-state index contributed by atoms with van der Waals surface area (Å²) >= 11 is 0. The highest BCUT2D eigenvalue weighted by Crippen LogP contribution is 2.34. The number of benzene rings is 1. The van der Waals surface area contributed by atoms with Crippen molar-refractivity contribution >= 4 is 0 Å². The average Bonchev–Trinajstić information content (AvgIpc) is 2.34.